The minimum atomic E-state index is 0.792. The predicted octanol–water partition coefficient (Wildman–Crippen LogP) is 1.64. The average Bonchev–Trinajstić information content (AvgIpc) is 2.14. The second-order valence-corrected chi connectivity index (χ2v) is 3.60. The van der Waals surface area contributed by atoms with Crippen molar-refractivity contribution in [2.75, 3.05) is 6.54 Å². The van der Waals surface area contributed by atoms with Gasteiger partial charge in [-0.3, -0.25) is 0 Å². The topological polar surface area (TPSA) is 12.0 Å². The van der Waals surface area contributed by atoms with Gasteiger partial charge < -0.3 is 5.32 Å². The zero-order valence-corrected chi connectivity index (χ0v) is 6.65. The van der Waals surface area contributed by atoms with Crippen molar-refractivity contribution in [2.45, 2.75) is 33.2 Å². The van der Waals surface area contributed by atoms with Crippen LogP contribution in [0, 0.1) is 11.8 Å². The molecule has 1 aliphatic heterocycles. The second kappa shape index (κ2) is 2.70. The summed E-state index contributed by atoms with van der Waals surface area (Å²) in [7, 11) is 0. The van der Waals surface area contributed by atoms with Gasteiger partial charge in [-0.1, -0.05) is 20.8 Å². The Kier molecular flexibility index (Phi) is 2.12. The molecule has 1 N–H and O–H groups in total. The molecule has 1 heteroatoms. The maximum atomic E-state index is 3.51. The lowest BCUT2D eigenvalue weighted by atomic mass is 9.99. The molecule has 9 heavy (non-hydrogen) atoms. The van der Waals surface area contributed by atoms with Crippen LogP contribution in [0.15, 0.2) is 0 Å². The van der Waals surface area contributed by atoms with Gasteiger partial charge in [0, 0.05) is 6.04 Å². The van der Waals surface area contributed by atoms with E-state index in [1.165, 1.54) is 13.0 Å². The molecule has 1 nitrogen and oxygen atoms in total. The Hall–Kier alpha value is -0.0400. The first-order valence-corrected chi connectivity index (χ1v) is 3.93. The van der Waals surface area contributed by atoms with Crippen LogP contribution in [0.3, 0.4) is 0 Å². The van der Waals surface area contributed by atoms with E-state index in [0.29, 0.717) is 0 Å². The average molecular weight is 127 g/mol. The quantitative estimate of drug-likeness (QED) is 0.564. The van der Waals surface area contributed by atoms with Crippen LogP contribution in [0.1, 0.15) is 27.2 Å². The van der Waals surface area contributed by atoms with Crippen LogP contribution in [0.5, 0.6) is 0 Å². The molecule has 0 aromatic carbocycles. The summed E-state index contributed by atoms with van der Waals surface area (Å²) >= 11 is 0. The first-order chi connectivity index (χ1) is 4.20. The summed E-state index contributed by atoms with van der Waals surface area (Å²) in [5, 5.41) is 3.51. The van der Waals surface area contributed by atoms with Crippen molar-refractivity contribution in [2.24, 2.45) is 11.8 Å². The standard InChI is InChI=1S/C8H17N/c1-6(2)8-4-7(3)5-9-8/h6-9H,4-5H2,1-3H3/t7-,8?/m0/s1. The molecule has 1 unspecified atom stereocenters. The van der Waals surface area contributed by atoms with E-state index in [2.05, 4.69) is 26.1 Å². The minimum Gasteiger partial charge on any atom is -0.313 e. The molecule has 0 radical (unpaired) electrons. The molecule has 0 aromatic heterocycles. The van der Waals surface area contributed by atoms with Crippen LogP contribution in [0.2, 0.25) is 0 Å². The Bertz CT molecular complexity index is 88.6. The van der Waals surface area contributed by atoms with Gasteiger partial charge in [0.05, 0.1) is 0 Å². The molecule has 0 spiro atoms. The molecule has 0 aliphatic carbocycles. The van der Waals surface area contributed by atoms with Crippen molar-refractivity contribution in [3.63, 3.8) is 0 Å². The normalized spacial score (nSPS) is 36.0. The van der Waals surface area contributed by atoms with Crippen molar-refractivity contribution in [3.05, 3.63) is 0 Å². The third kappa shape index (κ3) is 1.68. The van der Waals surface area contributed by atoms with Crippen LogP contribution < -0.4 is 5.32 Å². The van der Waals surface area contributed by atoms with Crippen LogP contribution in [-0.4, -0.2) is 12.6 Å². The Balaban J connectivity index is 2.30. The molecule has 0 amide bonds. The maximum Gasteiger partial charge on any atom is 0.00931 e. The Morgan fingerprint density at radius 1 is 1.44 bits per heavy atom. The molecule has 1 rings (SSSR count). The van der Waals surface area contributed by atoms with Crippen LogP contribution in [0.25, 0.3) is 0 Å². The lowest BCUT2D eigenvalue weighted by Gasteiger charge is -2.13. The van der Waals surface area contributed by atoms with Crippen molar-refractivity contribution in [1.82, 2.24) is 5.32 Å². The molecule has 54 valence electrons. The number of rotatable bonds is 1. The van der Waals surface area contributed by atoms with Crippen molar-refractivity contribution < 1.29 is 0 Å². The second-order valence-electron chi connectivity index (χ2n) is 3.60. The van der Waals surface area contributed by atoms with Gasteiger partial charge >= 0.3 is 0 Å². The van der Waals surface area contributed by atoms with E-state index in [1.54, 1.807) is 0 Å². The number of nitrogens with one attached hydrogen (secondary N) is 1. The lowest BCUT2D eigenvalue weighted by molar-refractivity contribution is 0.444. The van der Waals surface area contributed by atoms with E-state index in [1.807, 2.05) is 0 Å². The number of hydrogen-bond donors (Lipinski definition) is 1. The zero-order chi connectivity index (χ0) is 6.85. The van der Waals surface area contributed by atoms with Crippen LogP contribution in [-0.2, 0) is 0 Å². The van der Waals surface area contributed by atoms with Crippen LogP contribution >= 0.6 is 0 Å². The van der Waals surface area contributed by atoms with Gasteiger partial charge in [0.25, 0.3) is 0 Å². The molecular weight excluding hydrogens is 110 g/mol. The van der Waals surface area contributed by atoms with Gasteiger partial charge in [-0.2, -0.15) is 0 Å². The molecule has 1 aliphatic rings. The van der Waals surface area contributed by atoms with Gasteiger partial charge in [-0.25, -0.2) is 0 Å². The molecule has 1 saturated heterocycles. The van der Waals surface area contributed by atoms with E-state index in [-0.39, 0.29) is 0 Å². The molecule has 0 aromatic rings. The lowest BCUT2D eigenvalue weighted by Crippen LogP contribution is -2.26. The highest BCUT2D eigenvalue weighted by molar-refractivity contribution is 4.80. The Labute approximate surface area is 57.8 Å². The molecule has 1 heterocycles. The molecule has 0 bridgehead atoms. The summed E-state index contributed by atoms with van der Waals surface area (Å²) in [6.45, 7) is 8.11. The van der Waals surface area contributed by atoms with Crippen molar-refractivity contribution >= 4 is 0 Å². The van der Waals surface area contributed by atoms with Gasteiger partial charge in [0.2, 0.25) is 0 Å². The minimum absolute atomic E-state index is 0.792. The SMILES string of the molecule is CC(C)C1C[C@H](C)CN1. The predicted molar refractivity (Wildman–Crippen MR) is 40.4 cm³/mol. The third-order valence-corrected chi connectivity index (χ3v) is 2.19. The summed E-state index contributed by atoms with van der Waals surface area (Å²) in [6, 6.07) is 0.792. The monoisotopic (exact) mass is 127 g/mol. The van der Waals surface area contributed by atoms with Gasteiger partial charge in [-0.05, 0) is 24.8 Å². The Morgan fingerprint density at radius 2 is 2.11 bits per heavy atom. The fourth-order valence-electron chi connectivity index (χ4n) is 1.46. The van der Waals surface area contributed by atoms with E-state index < -0.39 is 0 Å². The molecular formula is C8H17N. The van der Waals surface area contributed by atoms with E-state index in [4.69, 9.17) is 0 Å². The molecule has 1 fully saturated rings. The van der Waals surface area contributed by atoms with Crippen LogP contribution in [0.4, 0.5) is 0 Å². The summed E-state index contributed by atoms with van der Waals surface area (Å²) in [4.78, 5) is 0. The third-order valence-electron chi connectivity index (χ3n) is 2.19. The van der Waals surface area contributed by atoms with Crippen molar-refractivity contribution in [1.29, 1.82) is 0 Å². The van der Waals surface area contributed by atoms with Crippen molar-refractivity contribution in [3.8, 4) is 0 Å². The highest BCUT2D eigenvalue weighted by atomic mass is 14.9. The number of hydrogen-bond acceptors (Lipinski definition) is 1. The van der Waals surface area contributed by atoms with E-state index in [9.17, 15) is 0 Å². The maximum absolute atomic E-state index is 3.51. The highest BCUT2D eigenvalue weighted by Gasteiger charge is 2.22. The van der Waals surface area contributed by atoms with E-state index in [0.717, 1.165) is 17.9 Å². The summed E-state index contributed by atoms with van der Waals surface area (Å²) < 4.78 is 0. The van der Waals surface area contributed by atoms with Gasteiger partial charge in [0.15, 0.2) is 0 Å². The Morgan fingerprint density at radius 3 is 2.33 bits per heavy atom. The molecule has 2 atom stereocenters. The smallest absolute Gasteiger partial charge is 0.00931 e. The summed E-state index contributed by atoms with van der Waals surface area (Å²) in [5.41, 5.74) is 0. The summed E-state index contributed by atoms with van der Waals surface area (Å²) in [5.74, 6) is 1.72. The first-order valence-electron chi connectivity index (χ1n) is 3.93. The summed E-state index contributed by atoms with van der Waals surface area (Å²) in [6.07, 6.45) is 1.37. The highest BCUT2D eigenvalue weighted by Crippen LogP contribution is 2.18. The fraction of sp³-hybridized carbons (Fsp3) is 1.00. The first kappa shape index (κ1) is 7.07. The molecule has 0 saturated carbocycles. The van der Waals surface area contributed by atoms with Gasteiger partial charge in [0.1, 0.15) is 0 Å². The van der Waals surface area contributed by atoms with E-state index >= 15 is 0 Å². The zero-order valence-electron chi connectivity index (χ0n) is 6.65. The fourth-order valence-corrected chi connectivity index (χ4v) is 1.46. The van der Waals surface area contributed by atoms with Gasteiger partial charge in [-0.15, -0.1) is 0 Å². The largest absolute Gasteiger partial charge is 0.313 e.